The van der Waals surface area contributed by atoms with Crippen molar-refractivity contribution >= 4 is 30.0 Å². The molecule has 120 valence electrons. The van der Waals surface area contributed by atoms with Crippen molar-refractivity contribution in [2.75, 3.05) is 13.1 Å². The monoisotopic (exact) mass is 332 g/mol. The largest absolute Gasteiger partial charge is 0.478 e. The van der Waals surface area contributed by atoms with Gasteiger partial charge in [0.25, 0.3) is 0 Å². The van der Waals surface area contributed by atoms with Crippen LogP contribution in [0.2, 0.25) is 0 Å². The number of hydrogen-bond donors (Lipinski definition) is 1. The first kappa shape index (κ1) is 17.0. The van der Waals surface area contributed by atoms with E-state index in [1.807, 2.05) is 30.2 Å². The van der Waals surface area contributed by atoms with E-state index in [9.17, 15) is 9.59 Å². The number of carbonyl (C=O) groups excluding carboxylic acids is 1. The maximum Gasteiger partial charge on any atom is 0.335 e. The molecular weight excluding hydrogens is 316 g/mol. The lowest BCUT2D eigenvalue weighted by molar-refractivity contribution is 0.0696. The van der Waals surface area contributed by atoms with Gasteiger partial charge in [0.15, 0.2) is 5.78 Å². The highest BCUT2D eigenvalue weighted by molar-refractivity contribution is 6.01. The zero-order valence-corrected chi connectivity index (χ0v) is 13.4. The lowest BCUT2D eigenvalue weighted by atomic mass is 9.94. The molecule has 0 saturated heterocycles. The van der Waals surface area contributed by atoms with E-state index in [4.69, 9.17) is 5.11 Å². The van der Waals surface area contributed by atoms with Crippen LogP contribution in [0.15, 0.2) is 53.2 Å². The molecule has 1 aromatic carbocycles. The standard InChI is InChI=1S/C17H16N2O3.ClH/c1-11-6-7-19-10-14(9-18-15(19)8-11)16(20)12-2-4-13(5-3-12)17(21)22;/h2-8,14H,9-10H2,1H3,(H,21,22);1H. The lowest BCUT2D eigenvalue weighted by Gasteiger charge is -2.31. The van der Waals surface area contributed by atoms with Crippen molar-refractivity contribution in [3.63, 3.8) is 0 Å². The average molecular weight is 333 g/mol. The Balaban J connectivity index is 0.00000192. The Morgan fingerprint density at radius 3 is 2.52 bits per heavy atom. The number of aliphatic imine (C=N–C) groups is 1. The molecule has 1 N–H and O–H groups in total. The molecule has 0 fully saturated rings. The molecule has 1 aromatic rings. The third-order valence-electron chi connectivity index (χ3n) is 3.85. The summed E-state index contributed by atoms with van der Waals surface area (Å²) in [5, 5.41) is 8.89. The number of benzene rings is 1. The number of aromatic carboxylic acids is 1. The van der Waals surface area contributed by atoms with Crippen LogP contribution in [-0.2, 0) is 0 Å². The average Bonchev–Trinajstić information content (AvgIpc) is 2.53. The number of carboxylic acids is 1. The first-order chi connectivity index (χ1) is 10.5. The van der Waals surface area contributed by atoms with Crippen molar-refractivity contribution in [3.05, 3.63) is 59.3 Å². The van der Waals surface area contributed by atoms with E-state index in [-0.39, 0.29) is 29.7 Å². The van der Waals surface area contributed by atoms with Gasteiger partial charge in [-0.3, -0.25) is 9.79 Å². The summed E-state index contributed by atoms with van der Waals surface area (Å²) in [4.78, 5) is 29.8. The van der Waals surface area contributed by atoms with Gasteiger partial charge in [-0.1, -0.05) is 12.1 Å². The highest BCUT2D eigenvalue weighted by Crippen LogP contribution is 2.20. The minimum atomic E-state index is -0.994. The third kappa shape index (κ3) is 3.51. The van der Waals surface area contributed by atoms with E-state index in [2.05, 4.69) is 4.99 Å². The summed E-state index contributed by atoms with van der Waals surface area (Å²) in [6, 6.07) is 6.06. The number of fused-ring (bicyclic) bond motifs is 1. The van der Waals surface area contributed by atoms with E-state index < -0.39 is 5.97 Å². The van der Waals surface area contributed by atoms with E-state index >= 15 is 0 Å². The molecule has 5 nitrogen and oxygen atoms in total. The van der Waals surface area contributed by atoms with Gasteiger partial charge in [0, 0.05) is 18.3 Å². The quantitative estimate of drug-likeness (QED) is 0.864. The van der Waals surface area contributed by atoms with Gasteiger partial charge >= 0.3 is 5.97 Å². The van der Waals surface area contributed by atoms with Gasteiger partial charge in [0.1, 0.15) is 5.84 Å². The van der Waals surface area contributed by atoms with Crippen LogP contribution in [0.5, 0.6) is 0 Å². The molecule has 0 bridgehead atoms. The van der Waals surface area contributed by atoms with E-state index in [1.165, 1.54) is 12.1 Å². The molecule has 1 unspecified atom stereocenters. The number of nitrogens with zero attached hydrogens (tertiary/aromatic N) is 2. The van der Waals surface area contributed by atoms with Crippen molar-refractivity contribution in [3.8, 4) is 0 Å². The molecule has 2 aliphatic heterocycles. The summed E-state index contributed by atoms with van der Waals surface area (Å²) < 4.78 is 0. The Morgan fingerprint density at radius 1 is 1.22 bits per heavy atom. The number of hydrogen-bond acceptors (Lipinski definition) is 4. The van der Waals surface area contributed by atoms with Crippen LogP contribution in [0.3, 0.4) is 0 Å². The van der Waals surface area contributed by atoms with E-state index in [0.29, 0.717) is 18.7 Å². The van der Waals surface area contributed by atoms with E-state index in [1.54, 1.807) is 12.1 Å². The molecule has 23 heavy (non-hydrogen) atoms. The Hall–Kier alpha value is -2.40. The number of ketones is 1. The van der Waals surface area contributed by atoms with Crippen LogP contribution in [0.4, 0.5) is 0 Å². The van der Waals surface area contributed by atoms with Crippen LogP contribution in [0.25, 0.3) is 0 Å². The molecule has 2 heterocycles. The number of rotatable bonds is 3. The van der Waals surface area contributed by atoms with Crippen LogP contribution in [-0.4, -0.2) is 40.7 Å². The molecule has 0 amide bonds. The molecule has 1 atom stereocenters. The SMILES string of the molecule is CC1=CC2=NCC(C(=O)c3ccc(C(=O)O)cc3)CN2C=C1.Cl. The van der Waals surface area contributed by atoms with Gasteiger partial charge in [-0.15, -0.1) is 12.4 Å². The van der Waals surface area contributed by atoms with Gasteiger partial charge in [0.2, 0.25) is 0 Å². The highest BCUT2D eigenvalue weighted by atomic mass is 35.5. The third-order valence-corrected chi connectivity index (χ3v) is 3.85. The van der Waals surface area contributed by atoms with Crippen molar-refractivity contribution < 1.29 is 14.7 Å². The topological polar surface area (TPSA) is 70.0 Å². The zero-order chi connectivity index (χ0) is 15.7. The number of amidine groups is 1. The smallest absolute Gasteiger partial charge is 0.335 e. The molecule has 0 aromatic heterocycles. The number of carbonyl (C=O) groups is 2. The van der Waals surface area contributed by atoms with Gasteiger partial charge < -0.3 is 10.0 Å². The minimum Gasteiger partial charge on any atom is -0.478 e. The summed E-state index contributed by atoms with van der Waals surface area (Å²) in [6.45, 7) is 3.07. The normalized spacial score (nSPS) is 19.2. The van der Waals surface area contributed by atoms with E-state index in [0.717, 1.165) is 11.4 Å². The fourth-order valence-electron chi connectivity index (χ4n) is 2.59. The number of halogens is 1. The predicted octanol–water partition coefficient (Wildman–Crippen LogP) is 2.79. The lowest BCUT2D eigenvalue weighted by Crippen LogP contribution is -2.40. The number of Topliss-reactive ketones (excluding diaryl/α,β-unsaturated/α-hetero) is 1. The molecular formula is C17H17ClN2O3. The summed E-state index contributed by atoms with van der Waals surface area (Å²) in [6.07, 6.45) is 5.94. The molecule has 0 saturated carbocycles. The van der Waals surface area contributed by atoms with Crippen LogP contribution >= 0.6 is 12.4 Å². The second kappa shape index (κ2) is 6.79. The summed E-state index contributed by atoms with van der Waals surface area (Å²) in [5.74, 6) is -0.313. The first-order valence-electron chi connectivity index (χ1n) is 7.10. The molecule has 0 aliphatic carbocycles. The molecule has 6 heteroatoms. The van der Waals surface area contributed by atoms with Crippen LogP contribution in [0.1, 0.15) is 27.6 Å². The predicted molar refractivity (Wildman–Crippen MR) is 90.4 cm³/mol. The molecule has 0 spiro atoms. The zero-order valence-electron chi connectivity index (χ0n) is 12.6. The summed E-state index contributed by atoms with van der Waals surface area (Å²) in [7, 11) is 0. The summed E-state index contributed by atoms with van der Waals surface area (Å²) in [5.41, 5.74) is 1.85. The molecule has 2 aliphatic rings. The Bertz CT molecular complexity index is 720. The fraction of sp³-hybridized carbons (Fsp3) is 0.235. The second-order valence-corrected chi connectivity index (χ2v) is 5.50. The maximum atomic E-state index is 12.5. The number of allylic oxidation sites excluding steroid dienone is 2. The van der Waals surface area contributed by atoms with Crippen molar-refractivity contribution in [2.24, 2.45) is 10.9 Å². The Labute approximate surface area is 140 Å². The minimum absolute atomic E-state index is 0. The van der Waals surface area contributed by atoms with Gasteiger partial charge in [-0.05, 0) is 36.8 Å². The molecule has 3 rings (SSSR count). The van der Waals surface area contributed by atoms with Gasteiger partial charge in [-0.25, -0.2) is 4.79 Å². The summed E-state index contributed by atoms with van der Waals surface area (Å²) >= 11 is 0. The Morgan fingerprint density at radius 2 is 1.87 bits per heavy atom. The van der Waals surface area contributed by atoms with Crippen LogP contribution in [0, 0.1) is 5.92 Å². The highest BCUT2D eigenvalue weighted by Gasteiger charge is 2.27. The van der Waals surface area contributed by atoms with Gasteiger partial charge in [-0.2, -0.15) is 0 Å². The maximum absolute atomic E-state index is 12.5. The van der Waals surface area contributed by atoms with Gasteiger partial charge in [0.05, 0.1) is 18.0 Å². The Kier molecular flexibility index (Phi) is 5.01. The van der Waals surface area contributed by atoms with Crippen molar-refractivity contribution in [2.45, 2.75) is 6.92 Å². The first-order valence-corrected chi connectivity index (χ1v) is 7.10. The van der Waals surface area contributed by atoms with Crippen molar-refractivity contribution in [1.82, 2.24) is 4.90 Å². The molecule has 0 radical (unpaired) electrons. The number of carboxylic acid groups (broad SMARTS) is 1. The second-order valence-electron chi connectivity index (χ2n) is 5.50. The fourth-order valence-corrected chi connectivity index (χ4v) is 2.59. The van der Waals surface area contributed by atoms with Crippen LogP contribution < -0.4 is 0 Å². The van der Waals surface area contributed by atoms with Crippen molar-refractivity contribution in [1.29, 1.82) is 0 Å².